The van der Waals surface area contributed by atoms with Crippen LogP contribution in [0.5, 0.6) is 0 Å². The van der Waals surface area contributed by atoms with Crippen LogP contribution >= 0.6 is 11.8 Å². The number of pyridine rings is 1. The normalized spacial score (nSPS) is 20.4. The molecule has 2 aromatic rings. The molecule has 23 heavy (non-hydrogen) atoms. The quantitative estimate of drug-likeness (QED) is 0.893. The molecule has 1 aliphatic rings. The standard InChI is InChI=1S/C16H16N2O4S/c1-10-11(4-5-12(17-10)13-3-2-7-22-13)14(19)18-16(15(20)21)6-8-23-9-16/h2-5,7H,6,8-9H2,1H3,(H,18,19)(H,20,21). The molecule has 2 N–H and O–H groups in total. The van der Waals surface area contributed by atoms with Crippen molar-refractivity contribution >= 4 is 23.6 Å². The van der Waals surface area contributed by atoms with Gasteiger partial charge in [0.05, 0.1) is 17.5 Å². The molecular weight excluding hydrogens is 316 g/mol. The highest BCUT2D eigenvalue weighted by atomic mass is 32.2. The Bertz CT molecular complexity index is 737. The second-order valence-electron chi connectivity index (χ2n) is 5.45. The Morgan fingerprint density at radius 1 is 1.39 bits per heavy atom. The van der Waals surface area contributed by atoms with Gasteiger partial charge in [-0.3, -0.25) is 4.79 Å². The lowest BCUT2D eigenvalue weighted by Crippen LogP contribution is -2.54. The minimum atomic E-state index is -1.19. The van der Waals surface area contributed by atoms with Crippen LogP contribution in [0.25, 0.3) is 11.5 Å². The summed E-state index contributed by atoms with van der Waals surface area (Å²) in [5, 5.41) is 12.1. The van der Waals surface area contributed by atoms with E-state index in [2.05, 4.69) is 10.3 Å². The van der Waals surface area contributed by atoms with Crippen molar-refractivity contribution in [2.45, 2.75) is 18.9 Å². The van der Waals surface area contributed by atoms with Crippen LogP contribution in [0, 0.1) is 6.92 Å². The molecule has 0 spiro atoms. The van der Waals surface area contributed by atoms with E-state index >= 15 is 0 Å². The Hall–Kier alpha value is -2.28. The van der Waals surface area contributed by atoms with E-state index < -0.39 is 17.4 Å². The summed E-state index contributed by atoms with van der Waals surface area (Å²) in [6.45, 7) is 1.72. The number of carbonyl (C=O) groups excluding carboxylic acids is 1. The second-order valence-corrected chi connectivity index (χ2v) is 6.56. The summed E-state index contributed by atoms with van der Waals surface area (Å²) in [6.07, 6.45) is 1.98. The molecule has 2 aromatic heterocycles. The van der Waals surface area contributed by atoms with E-state index in [1.807, 2.05) is 0 Å². The number of carboxylic acid groups (broad SMARTS) is 1. The highest BCUT2D eigenvalue weighted by Gasteiger charge is 2.43. The molecule has 3 heterocycles. The van der Waals surface area contributed by atoms with E-state index in [-0.39, 0.29) is 0 Å². The topological polar surface area (TPSA) is 92.4 Å². The van der Waals surface area contributed by atoms with Crippen molar-refractivity contribution in [1.29, 1.82) is 0 Å². The van der Waals surface area contributed by atoms with E-state index in [1.165, 1.54) is 11.8 Å². The van der Waals surface area contributed by atoms with Crippen molar-refractivity contribution in [3.63, 3.8) is 0 Å². The molecule has 1 fully saturated rings. The number of nitrogens with one attached hydrogen (secondary N) is 1. The van der Waals surface area contributed by atoms with E-state index in [0.29, 0.717) is 34.9 Å². The number of hydrogen-bond acceptors (Lipinski definition) is 5. The summed E-state index contributed by atoms with van der Waals surface area (Å²) >= 11 is 1.53. The van der Waals surface area contributed by atoms with Crippen molar-refractivity contribution in [2.24, 2.45) is 0 Å². The summed E-state index contributed by atoms with van der Waals surface area (Å²) < 4.78 is 5.29. The van der Waals surface area contributed by atoms with Gasteiger partial charge in [0.2, 0.25) is 0 Å². The number of furan rings is 1. The van der Waals surface area contributed by atoms with Gasteiger partial charge in [0.25, 0.3) is 5.91 Å². The van der Waals surface area contributed by atoms with Crippen LogP contribution < -0.4 is 5.32 Å². The number of carbonyl (C=O) groups is 2. The zero-order chi connectivity index (χ0) is 16.4. The Morgan fingerprint density at radius 2 is 2.22 bits per heavy atom. The minimum Gasteiger partial charge on any atom is -0.479 e. The third-order valence-corrected chi connectivity index (χ3v) is 5.08. The first kappa shape index (κ1) is 15.6. The number of aryl methyl sites for hydroxylation is 1. The van der Waals surface area contributed by atoms with E-state index in [9.17, 15) is 14.7 Å². The van der Waals surface area contributed by atoms with Crippen molar-refractivity contribution in [2.75, 3.05) is 11.5 Å². The monoisotopic (exact) mass is 332 g/mol. The van der Waals surface area contributed by atoms with Gasteiger partial charge in [-0.05, 0) is 43.4 Å². The van der Waals surface area contributed by atoms with Crippen LogP contribution in [0.1, 0.15) is 22.5 Å². The largest absolute Gasteiger partial charge is 0.479 e. The first-order chi connectivity index (χ1) is 11.0. The van der Waals surface area contributed by atoms with Gasteiger partial charge in [-0.15, -0.1) is 0 Å². The number of amides is 1. The van der Waals surface area contributed by atoms with Crippen molar-refractivity contribution in [1.82, 2.24) is 10.3 Å². The maximum Gasteiger partial charge on any atom is 0.330 e. The van der Waals surface area contributed by atoms with E-state index in [0.717, 1.165) is 5.75 Å². The van der Waals surface area contributed by atoms with Crippen molar-refractivity contribution in [3.8, 4) is 11.5 Å². The molecule has 1 saturated heterocycles. The van der Waals surface area contributed by atoms with Crippen LogP contribution in [0.4, 0.5) is 0 Å². The zero-order valence-electron chi connectivity index (χ0n) is 12.5. The summed E-state index contributed by atoms with van der Waals surface area (Å²) in [4.78, 5) is 28.4. The number of thioether (sulfide) groups is 1. The van der Waals surface area contributed by atoms with Gasteiger partial charge >= 0.3 is 5.97 Å². The Kier molecular flexibility index (Phi) is 4.12. The number of nitrogens with zero attached hydrogens (tertiary/aromatic N) is 1. The molecule has 0 aliphatic carbocycles. The Morgan fingerprint density at radius 3 is 2.78 bits per heavy atom. The molecule has 120 valence electrons. The molecule has 1 aliphatic heterocycles. The smallest absolute Gasteiger partial charge is 0.330 e. The van der Waals surface area contributed by atoms with Gasteiger partial charge in [-0.1, -0.05) is 0 Å². The summed E-state index contributed by atoms with van der Waals surface area (Å²) in [6, 6.07) is 6.89. The van der Waals surface area contributed by atoms with Gasteiger partial charge in [0.1, 0.15) is 11.2 Å². The SMILES string of the molecule is Cc1nc(-c2ccco2)ccc1C(=O)NC1(C(=O)O)CCSC1. The number of carboxylic acids is 1. The van der Waals surface area contributed by atoms with Crippen LogP contribution in [0.2, 0.25) is 0 Å². The summed E-state index contributed by atoms with van der Waals surface area (Å²) in [7, 11) is 0. The highest BCUT2D eigenvalue weighted by molar-refractivity contribution is 7.99. The fourth-order valence-electron chi connectivity index (χ4n) is 2.53. The maximum absolute atomic E-state index is 12.5. The van der Waals surface area contributed by atoms with E-state index in [1.54, 1.807) is 37.5 Å². The molecule has 0 saturated carbocycles. The average molecular weight is 332 g/mol. The first-order valence-corrected chi connectivity index (χ1v) is 8.32. The van der Waals surface area contributed by atoms with Crippen LogP contribution in [0.3, 0.4) is 0 Å². The molecule has 1 unspecified atom stereocenters. The second kappa shape index (κ2) is 6.08. The number of hydrogen-bond donors (Lipinski definition) is 2. The van der Waals surface area contributed by atoms with Crippen LogP contribution in [-0.2, 0) is 4.79 Å². The fraction of sp³-hybridized carbons (Fsp3) is 0.312. The molecule has 0 radical (unpaired) electrons. The highest BCUT2D eigenvalue weighted by Crippen LogP contribution is 2.29. The third kappa shape index (κ3) is 2.96. The lowest BCUT2D eigenvalue weighted by Gasteiger charge is -2.24. The third-order valence-electron chi connectivity index (χ3n) is 3.89. The molecular formula is C16H16N2O4S. The molecule has 0 bridgehead atoms. The van der Waals surface area contributed by atoms with Crippen molar-refractivity contribution in [3.05, 3.63) is 41.8 Å². The van der Waals surface area contributed by atoms with Gasteiger partial charge in [-0.25, -0.2) is 9.78 Å². The van der Waals surface area contributed by atoms with Crippen LogP contribution in [-0.4, -0.2) is 39.0 Å². The Balaban J connectivity index is 1.84. The molecule has 0 aromatic carbocycles. The molecule has 6 nitrogen and oxygen atoms in total. The Labute approximate surface area is 137 Å². The maximum atomic E-state index is 12.5. The van der Waals surface area contributed by atoms with Crippen LogP contribution in [0.15, 0.2) is 34.9 Å². The lowest BCUT2D eigenvalue weighted by atomic mass is 9.98. The molecule has 3 rings (SSSR count). The first-order valence-electron chi connectivity index (χ1n) is 7.17. The van der Waals surface area contributed by atoms with Gasteiger partial charge < -0.3 is 14.8 Å². The van der Waals surface area contributed by atoms with Gasteiger partial charge in [-0.2, -0.15) is 11.8 Å². The zero-order valence-corrected chi connectivity index (χ0v) is 13.4. The molecule has 7 heteroatoms. The van der Waals surface area contributed by atoms with E-state index in [4.69, 9.17) is 4.42 Å². The summed E-state index contributed by atoms with van der Waals surface area (Å²) in [5.74, 6) is 0.320. The average Bonchev–Trinajstić information content (AvgIpc) is 3.19. The number of rotatable bonds is 4. The minimum absolute atomic E-state index is 0.373. The summed E-state index contributed by atoms with van der Waals surface area (Å²) in [5.41, 5.74) is 0.349. The predicted octanol–water partition coefficient (Wildman–Crippen LogP) is 2.34. The number of aliphatic carboxylic acids is 1. The molecule has 1 amide bonds. The number of aromatic nitrogens is 1. The molecule has 1 atom stereocenters. The lowest BCUT2D eigenvalue weighted by molar-refractivity contribution is -0.143. The predicted molar refractivity (Wildman–Crippen MR) is 86.5 cm³/mol. The van der Waals surface area contributed by atoms with Gasteiger partial charge in [0.15, 0.2) is 5.76 Å². The van der Waals surface area contributed by atoms with Crippen molar-refractivity contribution < 1.29 is 19.1 Å². The van der Waals surface area contributed by atoms with Gasteiger partial charge in [0, 0.05) is 5.75 Å². The fourth-order valence-corrected chi connectivity index (χ4v) is 3.86.